The minimum Gasteiger partial charge on any atom is -0.480 e. The number of carbonyl (C=O) groups is 3. The molecule has 3 aromatic rings. The van der Waals surface area contributed by atoms with Crippen molar-refractivity contribution < 1.29 is 49.8 Å². The van der Waals surface area contributed by atoms with Crippen LogP contribution in [0.15, 0.2) is 35.1 Å². The number of thiophene rings is 1. The number of anilines is 1. The van der Waals surface area contributed by atoms with Crippen LogP contribution >= 0.6 is 11.3 Å². The van der Waals surface area contributed by atoms with Gasteiger partial charge in [-0.3, -0.25) is 14.4 Å². The zero-order chi connectivity index (χ0) is 31.8. The molecule has 0 radical (unpaired) electrons. The summed E-state index contributed by atoms with van der Waals surface area (Å²) in [5.74, 6) is -2.48. The summed E-state index contributed by atoms with van der Waals surface area (Å²) in [5.41, 5.74) is 1.18. The Labute approximate surface area is 249 Å². The smallest absolute Gasteiger partial charge is 0.326 e. The van der Waals surface area contributed by atoms with E-state index in [0.29, 0.717) is 28.3 Å². The number of esters is 1. The van der Waals surface area contributed by atoms with Crippen molar-refractivity contribution in [3.63, 3.8) is 0 Å². The first kappa shape index (κ1) is 33.6. The van der Waals surface area contributed by atoms with Gasteiger partial charge in [0.05, 0.1) is 27.4 Å². The summed E-state index contributed by atoms with van der Waals surface area (Å²) in [6.07, 6.45) is -8.11. The molecule has 16 heteroatoms. The highest BCUT2D eigenvalue weighted by Crippen LogP contribution is 2.27. The summed E-state index contributed by atoms with van der Waals surface area (Å²) in [7, 11) is 1.80. The second-order valence-electron chi connectivity index (χ2n) is 9.88. The zero-order valence-electron chi connectivity index (χ0n) is 23.3. The van der Waals surface area contributed by atoms with E-state index in [1.165, 1.54) is 6.07 Å². The first-order valence-electron chi connectivity index (χ1n) is 13.1. The van der Waals surface area contributed by atoms with Crippen LogP contribution in [0, 0.1) is 6.92 Å². The van der Waals surface area contributed by atoms with E-state index >= 15 is 0 Å². The molecule has 5 atom stereocenters. The van der Waals surface area contributed by atoms with Crippen molar-refractivity contribution in [3.8, 4) is 0 Å². The first-order valence-corrected chi connectivity index (χ1v) is 13.9. The fourth-order valence-corrected chi connectivity index (χ4v) is 4.94. The molecule has 0 bridgehead atoms. The fourth-order valence-electron chi connectivity index (χ4n) is 4.07. The number of hydrogen-bond acceptors (Lipinski definition) is 13. The van der Waals surface area contributed by atoms with Gasteiger partial charge in [-0.15, -0.1) is 11.3 Å². The number of aryl methyl sites for hydroxylation is 1. The van der Waals surface area contributed by atoms with Crippen LogP contribution in [0.4, 0.5) is 5.00 Å². The van der Waals surface area contributed by atoms with Crippen molar-refractivity contribution in [2.24, 2.45) is 0 Å². The second kappa shape index (κ2) is 15.0. The molecular weight excluding hydrogens is 588 g/mol. The van der Waals surface area contributed by atoms with Gasteiger partial charge >= 0.3 is 11.9 Å². The van der Waals surface area contributed by atoms with E-state index in [1.54, 1.807) is 32.2 Å². The second-order valence-corrected chi connectivity index (χ2v) is 10.9. The molecule has 15 nitrogen and oxygen atoms in total. The monoisotopic (exact) mass is 622 g/mol. The van der Waals surface area contributed by atoms with Gasteiger partial charge in [-0.05, 0) is 43.2 Å². The van der Waals surface area contributed by atoms with Gasteiger partial charge in [-0.1, -0.05) is 6.07 Å². The molecule has 2 aromatic heterocycles. The normalized spacial score (nSPS) is 14.9. The molecule has 0 saturated heterocycles. The number of aliphatic hydroxyl groups excluding tert-OH is 5. The average molecular weight is 623 g/mol. The highest BCUT2D eigenvalue weighted by Gasteiger charge is 2.31. The number of carbonyl (C=O) groups excluding carboxylic acids is 2. The van der Waals surface area contributed by atoms with Crippen LogP contribution in [-0.4, -0.2) is 109 Å². The predicted molar refractivity (Wildman–Crippen MR) is 154 cm³/mol. The van der Waals surface area contributed by atoms with Crippen LogP contribution in [0.25, 0.3) is 10.9 Å². The molecule has 8 N–H and O–H groups in total. The van der Waals surface area contributed by atoms with Crippen LogP contribution < -0.4 is 15.8 Å². The molecule has 2 heterocycles. The number of nitrogens with zero attached hydrogens (tertiary/aromatic N) is 2. The Morgan fingerprint density at radius 3 is 2.47 bits per heavy atom. The molecule has 1 amide bonds. The third-order valence-corrected chi connectivity index (χ3v) is 7.68. The molecule has 1 aromatic carbocycles. The predicted octanol–water partition coefficient (Wildman–Crippen LogP) is -1.13. The van der Waals surface area contributed by atoms with Crippen molar-refractivity contribution >= 4 is 45.1 Å². The molecular formula is C27H34N4O11S. The number of carboxylic acid groups (broad SMARTS) is 1. The molecule has 43 heavy (non-hydrogen) atoms. The number of aliphatic carboxylic acids is 1. The number of amides is 1. The van der Waals surface area contributed by atoms with Crippen LogP contribution in [0.5, 0.6) is 0 Å². The van der Waals surface area contributed by atoms with Crippen molar-refractivity contribution in [1.82, 2.24) is 15.3 Å². The van der Waals surface area contributed by atoms with E-state index in [2.05, 4.69) is 15.3 Å². The van der Waals surface area contributed by atoms with Gasteiger partial charge in [0.15, 0.2) is 0 Å². The van der Waals surface area contributed by atoms with E-state index in [0.717, 1.165) is 16.9 Å². The Morgan fingerprint density at radius 2 is 1.79 bits per heavy atom. The van der Waals surface area contributed by atoms with E-state index in [-0.39, 0.29) is 16.9 Å². The lowest BCUT2D eigenvalue weighted by molar-refractivity contribution is -0.156. The third kappa shape index (κ3) is 9.03. The number of ether oxygens (including phenoxy) is 1. The van der Waals surface area contributed by atoms with Gasteiger partial charge in [0, 0.05) is 20.0 Å². The number of aliphatic hydroxyl groups is 5. The number of carboxylic acids is 1. The van der Waals surface area contributed by atoms with Gasteiger partial charge < -0.3 is 50.6 Å². The maximum absolute atomic E-state index is 12.8. The Bertz CT molecular complexity index is 1490. The minimum absolute atomic E-state index is 0.228. The Kier molecular flexibility index (Phi) is 11.7. The largest absolute Gasteiger partial charge is 0.480 e. The Hall–Kier alpha value is -3.93. The zero-order valence-corrected chi connectivity index (χ0v) is 24.2. The number of aromatic nitrogens is 2. The lowest BCUT2D eigenvalue weighted by Crippen LogP contribution is -2.47. The number of nitrogens with one attached hydrogen (secondary N) is 2. The van der Waals surface area contributed by atoms with E-state index < -0.39 is 67.9 Å². The molecule has 0 spiro atoms. The number of benzene rings is 1. The highest BCUT2D eigenvalue weighted by molar-refractivity contribution is 7.18. The van der Waals surface area contributed by atoms with Gasteiger partial charge in [-0.25, -0.2) is 9.78 Å². The number of rotatable bonds is 15. The average Bonchev–Trinajstić information content (AvgIpc) is 3.47. The SMILES string of the molecule is Cc1nc2ccc(CN(C)c3ccc(C(=O)N[C@H](CCC(=O)OC[C@@H](O)[C@@H](O)[C@H](O)[C@H](O)CO)C(=O)O)s3)cc2c(=O)[nH]1. The maximum atomic E-state index is 12.8. The van der Waals surface area contributed by atoms with Crippen molar-refractivity contribution in [3.05, 3.63) is 57.0 Å². The van der Waals surface area contributed by atoms with Gasteiger partial charge in [-0.2, -0.15) is 0 Å². The quantitative estimate of drug-likeness (QED) is 0.0937. The van der Waals surface area contributed by atoms with Crippen LogP contribution in [0.1, 0.15) is 33.9 Å². The Balaban J connectivity index is 1.53. The molecule has 0 aliphatic heterocycles. The van der Waals surface area contributed by atoms with Gasteiger partial charge in [0.1, 0.15) is 42.9 Å². The summed E-state index contributed by atoms with van der Waals surface area (Å²) in [5, 5.41) is 60.4. The Morgan fingerprint density at radius 1 is 1.09 bits per heavy atom. The molecule has 0 aliphatic rings. The van der Waals surface area contributed by atoms with Gasteiger partial charge in [0.25, 0.3) is 11.5 Å². The number of fused-ring (bicyclic) bond motifs is 1. The number of hydrogen-bond donors (Lipinski definition) is 8. The van der Waals surface area contributed by atoms with E-state index in [4.69, 9.17) is 9.84 Å². The lowest BCUT2D eigenvalue weighted by atomic mass is 10.0. The lowest BCUT2D eigenvalue weighted by Gasteiger charge is -2.25. The maximum Gasteiger partial charge on any atom is 0.326 e. The first-order chi connectivity index (χ1) is 20.3. The van der Waals surface area contributed by atoms with Gasteiger partial charge in [0.2, 0.25) is 0 Å². The van der Waals surface area contributed by atoms with Crippen molar-refractivity contribution in [2.75, 3.05) is 25.2 Å². The molecule has 0 saturated carbocycles. The molecule has 0 unspecified atom stereocenters. The van der Waals surface area contributed by atoms with Crippen LogP contribution in [0.2, 0.25) is 0 Å². The van der Waals surface area contributed by atoms with E-state index in [1.807, 2.05) is 11.0 Å². The molecule has 234 valence electrons. The molecule has 0 fully saturated rings. The minimum atomic E-state index is -1.92. The summed E-state index contributed by atoms with van der Waals surface area (Å²) >= 11 is 1.12. The summed E-state index contributed by atoms with van der Waals surface area (Å²) in [6.45, 7) is 0.475. The summed E-state index contributed by atoms with van der Waals surface area (Å²) < 4.78 is 4.79. The number of H-pyrrole nitrogens is 1. The van der Waals surface area contributed by atoms with Crippen LogP contribution in [-0.2, 0) is 20.9 Å². The third-order valence-electron chi connectivity index (χ3n) is 6.48. The van der Waals surface area contributed by atoms with Crippen LogP contribution in [0.3, 0.4) is 0 Å². The molecule has 0 aliphatic carbocycles. The van der Waals surface area contributed by atoms with Crippen molar-refractivity contribution in [2.45, 2.75) is 56.8 Å². The highest BCUT2D eigenvalue weighted by atomic mass is 32.1. The summed E-state index contributed by atoms with van der Waals surface area (Å²) in [6, 6.07) is 7.15. The molecule has 3 rings (SSSR count). The van der Waals surface area contributed by atoms with Crippen molar-refractivity contribution in [1.29, 1.82) is 0 Å². The fraction of sp³-hybridized carbons (Fsp3) is 0.444. The standard InChI is InChI=1S/C27H34N4O11S/c1-13-28-16-4-3-14(9-15(16)25(38)29-13)10-31(2)21-7-6-20(43-21)26(39)30-17(27(40)41)5-8-22(35)42-12-19(34)24(37)23(36)18(33)11-32/h3-4,6-7,9,17-19,23-24,32-34,36-37H,5,8,10-12H2,1-2H3,(H,30,39)(H,40,41)(H,28,29,38)/t17-,18-,19-,23-,24-/m1/s1. The van der Waals surface area contributed by atoms with E-state index in [9.17, 15) is 44.7 Å². The summed E-state index contributed by atoms with van der Waals surface area (Å²) in [4.78, 5) is 57.9. The number of aromatic amines is 1. The topological polar surface area (TPSA) is 243 Å².